The first kappa shape index (κ1) is 24.4. The highest BCUT2D eigenvalue weighted by Crippen LogP contribution is 2.35. The van der Waals surface area contributed by atoms with Crippen molar-refractivity contribution in [2.75, 3.05) is 0 Å². The Morgan fingerprint density at radius 3 is 2.50 bits per heavy atom. The van der Waals surface area contributed by atoms with Gasteiger partial charge in [0.15, 0.2) is 11.4 Å². The van der Waals surface area contributed by atoms with E-state index in [0.717, 1.165) is 5.56 Å². The van der Waals surface area contributed by atoms with E-state index in [9.17, 15) is 9.59 Å². The molecule has 4 rings (SSSR count). The first-order chi connectivity index (χ1) is 16.3. The van der Waals surface area contributed by atoms with E-state index < -0.39 is 11.9 Å². The zero-order chi connectivity index (χ0) is 24.2. The van der Waals surface area contributed by atoms with Gasteiger partial charge in [0, 0.05) is 21.1 Å². The SMILES string of the molecule is O=C(/C=C/c1ccc(Cl)cc1)Oc1c(Br)cc(Br)cc1/C=C1\N=C(c2ccccc2Cl)OC1=O. The van der Waals surface area contributed by atoms with Crippen LogP contribution in [-0.4, -0.2) is 17.8 Å². The van der Waals surface area contributed by atoms with Crippen LogP contribution in [0.15, 0.2) is 86.4 Å². The molecule has 0 saturated carbocycles. The molecule has 1 aliphatic rings. The fourth-order valence-electron chi connectivity index (χ4n) is 2.97. The number of ether oxygens (including phenoxy) is 2. The highest BCUT2D eigenvalue weighted by atomic mass is 79.9. The van der Waals surface area contributed by atoms with Crippen molar-refractivity contribution in [2.45, 2.75) is 0 Å². The van der Waals surface area contributed by atoms with E-state index in [-0.39, 0.29) is 17.3 Å². The van der Waals surface area contributed by atoms with Gasteiger partial charge in [0.25, 0.3) is 0 Å². The molecule has 1 aliphatic heterocycles. The summed E-state index contributed by atoms with van der Waals surface area (Å²) in [6.07, 6.45) is 4.39. The Labute approximate surface area is 222 Å². The van der Waals surface area contributed by atoms with Crippen LogP contribution in [-0.2, 0) is 14.3 Å². The maximum absolute atomic E-state index is 12.5. The third kappa shape index (κ3) is 5.85. The van der Waals surface area contributed by atoms with Crippen LogP contribution in [0.3, 0.4) is 0 Å². The van der Waals surface area contributed by atoms with Crippen LogP contribution >= 0.6 is 55.1 Å². The Balaban J connectivity index is 1.63. The fraction of sp³-hybridized carbons (Fsp3) is 0. The van der Waals surface area contributed by atoms with Gasteiger partial charge >= 0.3 is 11.9 Å². The van der Waals surface area contributed by atoms with Gasteiger partial charge < -0.3 is 9.47 Å². The van der Waals surface area contributed by atoms with Crippen LogP contribution in [0.25, 0.3) is 12.2 Å². The van der Waals surface area contributed by atoms with Gasteiger partial charge in [-0.05, 0) is 70.0 Å². The molecular formula is C25H13Br2Cl2NO4. The molecule has 0 saturated heterocycles. The predicted octanol–water partition coefficient (Wildman–Crippen LogP) is 7.48. The quantitative estimate of drug-likeness (QED) is 0.168. The minimum absolute atomic E-state index is 0.0360. The Kier molecular flexibility index (Phi) is 7.68. The Bertz CT molecular complexity index is 1380. The number of cyclic esters (lactones) is 1. The summed E-state index contributed by atoms with van der Waals surface area (Å²) >= 11 is 18.9. The van der Waals surface area contributed by atoms with Crippen molar-refractivity contribution in [2.24, 2.45) is 4.99 Å². The van der Waals surface area contributed by atoms with Gasteiger partial charge in [0.1, 0.15) is 0 Å². The summed E-state index contributed by atoms with van der Waals surface area (Å²) in [5.74, 6) is -0.936. The first-order valence-corrected chi connectivity index (χ1v) is 12.1. The summed E-state index contributed by atoms with van der Waals surface area (Å²) in [5.41, 5.74) is 1.75. The number of rotatable bonds is 5. The topological polar surface area (TPSA) is 65.0 Å². The number of esters is 2. The molecule has 5 nitrogen and oxygen atoms in total. The highest BCUT2D eigenvalue weighted by molar-refractivity contribution is 9.11. The van der Waals surface area contributed by atoms with Gasteiger partial charge in [-0.15, -0.1) is 0 Å². The van der Waals surface area contributed by atoms with Crippen molar-refractivity contribution < 1.29 is 19.1 Å². The van der Waals surface area contributed by atoms with E-state index in [1.165, 1.54) is 12.2 Å². The number of benzene rings is 3. The van der Waals surface area contributed by atoms with Crippen molar-refractivity contribution in [1.29, 1.82) is 0 Å². The van der Waals surface area contributed by atoms with Gasteiger partial charge in [-0.25, -0.2) is 14.6 Å². The second-order valence-corrected chi connectivity index (χ2v) is 9.54. The van der Waals surface area contributed by atoms with E-state index in [0.29, 0.717) is 30.1 Å². The third-order valence-corrected chi connectivity index (χ3v) is 6.17. The lowest BCUT2D eigenvalue weighted by atomic mass is 10.1. The van der Waals surface area contributed by atoms with Gasteiger partial charge in [-0.1, -0.05) is 63.4 Å². The monoisotopic (exact) mass is 619 g/mol. The standard InChI is InChI=1S/C25H13Br2Cl2NO4/c26-16-11-15(12-21-25(32)34-24(30-21)18-3-1-2-4-20(18)29)23(19(27)13-16)33-22(31)10-7-14-5-8-17(28)9-6-14/h1-13H/b10-7+,21-12-. The lowest BCUT2D eigenvalue weighted by Gasteiger charge is -2.09. The summed E-state index contributed by atoms with van der Waals surface area (Å²) in [5, 5.41) is 1.00. The molecule has 9 heteroatoms. The van der Waals surface area contributed by atoms with Crippen LogP contribution in [0, 0.1) is 0 Å². The van der Waals surface area contributed by atoms with Crippen LogP contribution in [0.5, 0.6) is 5.75 Å². The van der Waals surface area contributed by atoms with Crippen LogP contribution in [0.2, 0.25) is 10.0 Å². The van der Waals surface area contributed by atoms with Crippen LogP contribution < -0.4 is 4.74 Å². The van der Waals surface area contributed by atoms with Crippen molar-refractivity contribution in [3.8, 4) is 5.75 Å². The van der Waals surface area contributed by atoms with Gasteiger partial charge in [0.2, 0.25) is 5.90 Å². The second-order valence-electron chi connectivity index (χ2n) is 6.93. The molecule has 34 heavy (non-hydrogen) atoms. The number of aliphatic imine (C=N–C) groups is 1. The normalized spacial score (nSPS) is 14.4. The summed E-state index contributed by atoms with van der Waals surface area (Å²) in [4.78, 5) is 29.2. The molecule has 0 bridgehead atoms. The summed E-state index contributed by atoms with van der Waals surface area (Å²) in [7, 11) is 0. The molecule has 0 amide bonds. The van der Waals surface area contributed by atoms with Crippen LogP contribution in [0.1, 0.15) is 16.7 Å². The minimum Gasteiger partial charge on any atom is -0.422 e. The zero-order valence-electron chi connectivity index (χ0n) is 17.1. The molecule has 1 heterocycles. The number of hydrogen-bond acceptors (Lipinski definition) is 5. The molecule has 0 spiro atoms. The number of carbonyl (C=O) groups is 2. The number of nitrogens with zero attached hydrogens (tertiary/aromatic N) is 1. The van der Waals surface area contributed by atoms with Gasteiger partial charge in [-0.2, -0.15) is 0 Å². The lowest BCUT2D eigenvalue weighted by Crippen LogP contribution is -2.07. The molecule has 0 N–H and O–H groups in total. The summed E-state index contributed by atoms with van der Waals surface area (Å²) in [6.45, 7) is 0. The highest BCUT2D eigenvalue weighted by Gasteiger charge is 2.26. The molecule has 0 radical (unpaired) electrons. The molecule has 3 aromatic rings. The zero-order valence-corrected chi connectivity index (χ0v) is 21.8. The van der Waals surface area contributed by atoms with Crippen molar-refractivity contribution in [3.63, 3.8) is 0 Å². The van der Waals surface area contributed by atoms with Crippen molar-refractivity contribution in [3.05, 3.63) is 108 Å². The third-order valence-electron chi connectivity index (χ3n) is 4.54. The van der Waals surface area contributed by atoms with Crippen molar-refractivity contribution >= 4 is 85.1 Å². The Morgan fingerprint density at radius 1 is 1.03 bits per heavy atom. The second kappa shape index (κ2) is 10.7. The molecule has 0 fully saturated rings. The van der Waals surface area contributed by atoms with E-state index >= 15 is 0 Å². The molecule has 0 unspecified atom stereocenters. The molecule has 3 aromatic carbocycles. The number of carbonyl (C=O) groups excluding carboxylic acids is 2. The summed E-state index contributed by atoms with van der Waals surface area (Å²) < 4.78 is 12.1. The number of hydrogen-bond donors (Lipinski definition) is 0. The van der Waals surface area contributed by atoms with Crippen molar-refractivity contribution in [1.82, 2.24) is 0 Å². The Morgan fingerprint density at radius 2 is 1.76 bits per heavy atom. The van der Waals surface area contributed by atoms with Gasteiger partial charge in [0.05, 0.1) is 15.1 Å². The van der Waals surface area contributed by atoms with E-state index in [4.69, 9.17) is 32.7 Å². The first-order valence-electron chi connectivity index (χ1n) is 9.72. The number of halogens is 4. The van der Waals surface area contributed by atoms with Gasteiger partial charge in [-0.3, -0.25) is 0 Å². The smallest absolute Gasteiger partial charge is 0.363 e. The maximum atomic E-state index is 12.5. The minimum atomic E-state index is -0.647. The average molecular weight is 622 g/mol. The molecule has 0 aromatic heterocycles. The Hall–Kier alpha value is -2.71. The fourth-order valence-corrected chi connectivity index (χ4v) is 4.66. The van der Waals surface area contributed by atoms with E-state index in [1.807, 2.05) is 0 Å². The largest absolute Gasteiger partial charge is 0.422 e. The molecular weight excluding hydrogens is 609 g/mol. The average Bonchev–Trinajstić information content (AvgIpc) is 3.16. The lowest BCUT2D eigenvalue weighted by molar-refractivity contribution is -0.130. The predicted molar refractivity (Wildman–Crippen MR) is 140 cm³/mol. The van der Waals surface area contributed by atoms with Crippen LogP contribution in [0.4, 0.5) is 0 Å². The molecule has 0 aliphatic carbocycles. The maximum Gasteiger partial charge on any atom is 0.363 e. The van der Waals surface area contributed by atoms with E-state index in [2.05, 4.69) is 36.9 Å². The van der Waals surface area contributed by atoms with E-state index in [1.54, 1.807) is 66.7 Å². The molecule has 0 atom stereocenters. The molecule has 170 valence electrons. The summed E-state index contributed by atoms with van der Waals surface area (Å²) in [6, 6.07) is 17.3.